The molecule has 0 saturated carbocycles. The minimum atomic E-state index is -0.958. The molecule has 1 aliphatic rings. The quantitative estimate of drug-likeness (QED) is 0.531. The highest BCUT2D eigenvalue weighted by Gasteiger charge is 2.41. The first-order valence-corrected chi connectivity index (χ1v) is 9.40. The van der Waals surface area contributed by atoms with Gasteiger partial charge in [0, 0.05) is 5.56 Å². The summed E-state index contributed by atoms with van der Waals surface area (Å²) in [5, 5.41) is -0.484. The number of carbonyl (C=O) groups is 3. The zero-order chi connectivity index (χ0) is 19.3. The highest BCUT2D eigenvalue weighted by atomic mass is 32.2. The molecule has 0 aromatic heterocycles. The number of amides is 2. The van der Waals surface area contributed by atoms with Crippen molar-refractivity contribution in [3.05, 3.63) is 34.7 Å². The lowest BCUT2D eigenvalue weighted by Gasteiger charge is -2.19. The van der Waals surface area contributed by atoms with Crippen molar-refractivity contribution in [2.45, 2.75) is 46.3 Å². The molecule has 1 saturated heterocycles. The summed E-state index contributed by atoms with van der Waals surface area (Å²) in [6.45, 7) is 7.33. The maximum absolute atomic E-state index is 12.6. The van der Waals surface area contributed by atoms with Crippen LogP contribution in [0.25, 0.3) is 6.08 Å². The van der Waals surface area contributed by atoms with E-state index in [9.17, 15) is 14.4 Å². The first-order valence-electron chi connectivity index (χ1n) is 8.58. The van der Waals surface area contributed by atoms with Crippen molar-refractivity contribution in [1.82, 2.24) is 4.90 Å². The average Bonchev–Trinajstić information content (AvgIpc) is 2.89. The lowest BCUT2D eigenvalue weighted by atomic mass is 10.1. The Morgan fingerprint density at radius 1 is 1.23 bits per heavy atom. The molecule has 0 bridgehead atoms. The van der Waals surface area contributed by atoms with Gasteiger partial charge in [0.15, 0.2) is 0 Å². The number of carbonyl (C=O) groups excluding carboxylic acids is 3. The molecule has 7 heteroatoms. The fourth-order valence-corrected chi connectivity index (χ4v) is 3.23. The van der Waals surface area contributed by atoms with Crippen LogP contribution in [0, 0.1) is 0 Å². The lowest BCUT2D eigenvalue weighted by Crippen LogP contribution is -2.42. The van der Waals surface area contributed by atoms with Crippen molar-refractivity contribution >= 4 is 35.0 Å². The standard InChI is InChI=1S/C19H23NO5S/c1-5-12(3)25-15-10-8-7-9-14(15)11-16-17(21)20(19(23)26-16)13(4)18(22)24-6-2/h7-13H,5-6H2,1-4H3/b16-11+/t12-,13+/m1/s1. The maximum atomic E-state index is 12.6. The van der Waals surface area contributed by atoms with Crippen molar-refractivity contribution < 1.29 is 23.9 Å². The summed E-state index contributed by atoms with van der Waals surface area (Å²) < 4.78 is 10.8. The number of benzene rings is 1. The Labute approximate surface area is 157 Å². The lowest BCUT2D eigenvalue weighted by molar-refractivity contribution is -0.150. The van der Waals surface area contributed by atoms with E-state index in [1.807, 2.05) is 38.1 Å². The van der Waals surface area contributed by atoms with Crippen molar-refractivity contribution in [3.63, 3.8) is 0 Å². The maximum Gasteiger partial charge on any atom is 0.329 e. The smallest absolute Gasteiger partial charge is 0.329 e. The molecule has 1 aliphatic heterocycles. The van der Waals surface area contributed by atoms with Crippen molar-refractivity contribution in [1.29, 1.82) is 0 Å². The van der Waals surface area contributed by atoms with Gasteiger partial charge in [-0.15, -0.1) is 0 Å². The van der Waals surface area contributed by atoms with Gasteiger partial charge in [-0.05, 0) is 51.1 Å². The third-order valence-corrected chi connectivity index (χ3v) is 4.83. The van der Waals surface area contributed by atoms with Crippen LogP contribution in [-0.4, -0.2) is 40.8 Å². The van der Waals surface area contributed by atoms with Crippen molar-refractivity contribution in [2.75, 3.05) is 6.61 Å². The van der Waals surface area contributed by atoms with Gasteiger partial charge in [0.05, 0.1) is 17.6 Å². The topological polar surface area (TPSA) is 72.9 Å². The third-order valence-electron chi connectivity index (χ3n) is 3.95. The summed E-state index contributed by atoms with van der Waals surface area (Å²) in [5.41, 5.74) is 0.710. The van der Waals surface area contributed by atoms with E-state index < -0.39 is 23.2 Å². The molecule has 6 nitrogen and oxygen atoms in total. The normalized spacial score (nSPS) is 18.2. The van der Waals surface area contributed by atoms with E-state index in [-0.39, 0.29) is 17.6 Å². The first kappa shape index (κ1) is 20.0. The van der Waals surface area contributed by atoms with Crippen LogP contribution in [0.3, 0.4) is 0 Å². The highest BCUT2D eigenvalue weighted by molar-refractivity contribution is 8.18. The fourth-order valence-electron chi connectivity index (χ4n) is 2.33. The number of hydrogen-bond acceptors (Lipinski definition) is 6. The number of esters is 1. The van der Waals surface area contributed by atoms with E-state index in [2.05, 4.69) is 0 Å². The summed E-state index contributed by atoms with van der Waals surface area (Å²) >= 11 is 0.809. The summed E-state index contributed by atoms with van der Waals surface area (Å²) in [7, 11) is 0. The zero-order valence-electron chi connectivity index (χ0n) is 15.4. The van der Waals surface area contributed by atoms with Crippen LogP contribution in [0.5, 0.6) is 5.75 Å². The molecular weight excluding hydrogens is 354 g/mol. The predicted molar refractivity (Wildman–Crippen MR) is 101 cm³/mol. The Bertz CT molecular complexity index is 730. The molecule has 1 heterocycles. The molecule has 0 spiro atoms. The van der Waals surface area contributed by atoms with Crippen LogP contribution in [0.1, 0.15) is 39.7 Å². The fraction of sp³-hybridized carbons (Fsp3) is 0.421. The minimum Gasteiger partial charge on any atom is -0.490 e. The Morgan fingerprint density at radius 3 is 2.58 bits per heavy atom. The molecule has 0 unspecified atom stereocenters. The van der Waals surface area contributed by atoms with Gasteiger partial charge in [-0.1, -0.05) is 25.1 Å². The number of imide groups is 1. The molecule has 0 radical (unpaired) electrons. The molecule has 2 atom stereocenters. The van der Waals surface area contributed by atoms with Crippen LogP contribution >= 0.6 is 11.8 Å². The number of para-hydroxylation sites is 1. The molecule has 0 aliphatic carbocycles. The SMILES string of the molecule is CCOC(=O)[C@H](C)N1C(=O)S/C(=C/c2ccccc2O[C@H](C)CC)C1=O. The van der Waals surface area contributed by atoms with Crippen LogP contribution < -0.4 is 4.74 Å². The average molecular weight is 377 g/mol. The number of hydrogen-bond donors (Lipinski definition) is 0. The second-order valence-corrected chi connectivity index (χ2v) is 6.85. The zero-order valence-corrected chi connectivity index (χ0v) is 16.2. The Balaban J connectivity index is 2.27. The Kier molecular flexibility index (Phi) is 6.85. The van der Waals surface area contributed by atoms with Gasteiger partial charge >= 0.3 is 5.97 Å². The van der Waals surface area contributed by atoms with Gasteiger partial charge in [0.2, 0.25) is 0 Å². The van der Waals surface area contributed by atoms with Crippen LogP contribution in [0.15, 0.2) is 29.2 Å². The van der Waals surface area contributed by atoms with Crippen LogP contribution in [0.2, 0.25) is 0 Å². The van der Waals surface area contributed by atoms with E-state index >= 15 is 0 Å². The molecule has 0 N–H and O–H groups in total. The Hall–Kier alpha value is -2.28. The molecular formula is C19H23NO5S. The van der Waals surface area contributed by atoms with E-state index in [1.165, 1.54) is 6.92 Å². The number of ether oxygens (including phenoxy) is 2. The molecule has 1 aromatic carbocycles. The Morgan fingerprint density at radius 2 is 1.92 bits per heavy atom. The van der Waals surface area contributed by atoms with Crippen molar-refractivity contribution in [3.8, 4) is 5.75 Å². The summed E-state index contributed by atoms with van der Waals surface area (Å²) in [6.07, 6.45) is 2.51. The summed E-state index contributed by atoms with van der Waals surface area (Å²) in [5.74, 6) is -0.456. The minimum absolute atomic E-state index is 0.0310. The number of rotatable bonds is 7. The molecule has 1 aromatic rings. The van der Waals surface area contributed by atoms with E-state index in [1.54, 1.807) is 13.0 Å². The van der Waals surface area contributed by atoms with E-state index in [4.69, 9.17) is 9.47 Å². The molecule has 2 amide bonds. The van der Waals surface area contributed by atoms with Gasteiger partial charge in [0.25, 0.3) is 11.1 Å². The molecule has 26 heavy (non-hydrogen) atoms. The second-order valence-electron chi connectivity index (χ2n) is 5.85. The number of thioether (sulfide) groups is 1. The molecule has 140 valence electrons. The van der Waals surface area contributed by atoms with Gasteiger partial charge in [-0.2, -0.15) is 0 Å². The van der Waals surface area contributed by atoms with Gasteiger partial charge in [-0.3, -0.25) is 14.5 Å². The van der Waals surface area contributed by atoms with Gasteiger partial charge < -0.3 is 9.47 Å². The van der Waals surface area contributed by atoms with Gasteiger partial charge in [0.1, 0.15) is 11.8 Å². The predicted octanol–water partition coefficient (Wildman–Crippen LogP) is 3.85. The van der Waals surface area contributed by atoms with Crippen LogP contribution in [0.4, 0.5) is 4.79 Å². The largest absolute Gasteiger partial charge is 0.490 e. The monoisotopic (exact) mass is 377 g/mol. The van der Waals surface area contributed by atoms with Gasteiger partial charge in [-0.25, -0.2) is 4.79 Å². The highest BCUT2D eigenvalue weighted by Crippen LogP contribution is 2.35. The van der Waals surface area contributed by atoms with E-state index in [0.717, 1.165) is 23.1 Å². The molecule has 2 rings (SSSR count). The summed E-state index contributed by atoms with van der Waals surface area (Å²) in [6, 6.07) is 6.37. The first-order chi connectivity index (χ1) is 12.4. The number of nitrogens with zero attached hydrogens (tertiary/aromatic N) is 1. The van der Waals surface area contributed by atoms with Crippen molar-refractivity contribution in [2.24, 2.45) is 0 Å². The van der Waals surface area contributed by atoms with E-state index in [0.29, 0.717) is 11.3 Å². The third kappa shape index (κ3) is 4.46. The summed E-state index contributed by atoms with van der Waals surface area (Å²) in [4.78, 5) is 37.9. The molecule has 1 fully saturated rings. The second kappa shape index (κ2) is 8.89. The van der Waals surface area contributed by atoms with Crippen LogP contribution in [-0.2, 0) is 14.3 Å².